The lowest BCUT2D eigenvalue weighted by Crippen LogP contribution is -1.80. The first-order valence-electron chi connectivity index (χ1n) is 4.85. The van der Waals surface area contributed by atoms with Gasteiger partial charge >= 0.3 is 0 Å². The van der Waals surface area contributed by atoms with E-state index in [2.05, 4.69) is 26.8 Å². The first-order valence-corrected chi connectivity index (χ1v) is 4.85. The molecule has 0 aliphatic carbocycles. The van der Waals surface area contributed by atoms with Crippen molar-refractivity contribution in [3.63, 3.8) is 0 Å². The second kappa shape index (κ2) is 5.10. The molecule has 0 atom stereocenters. The van der Waals surface area contributed by atoms with E-state index in [9.17, 15) is 0 Å². The number of fused-ring (bicyclic) bond motifs is 1. The quantitative estimate of drug-likeness (QED) is 0.653. The first kappa shape index (κ1) is 9.65. The van der Waals surface area contributed by atoms with Gasteiger partial charge in [-0.1, -0.05) is 24.3 Å². The molecule has 0 N–H and O–H groups in total. The van der Waals surface area contributed by atoms with Crippen LogP contribution in [0, 0.1) is 0 Å². The second-order valence-electron chi connectivity index (χ2n) is 3.11. The summed E-state index contributed by atoms with van der Waals surface area (Å²) in [7, 11) is 0. The van der Waals surface area contributed by atoms with Crippen LogP contribution in [0.25, 0.3) is 10.8 Å². The maximum atomic E-state index is 4.65. The molecule has 1 aromatic carbocycles. The van der Waals surface area contributed by atoms with Crippen LogP contribution in [0.15, 0.2) is 47.7 Å². The highest BCUT2D eigenvalue weighted by atomic mass is 16.5. The number of rotatable bonds is 0. The fourth-order valence-corrected chi connectivity index (χ4v) is 1.29. The van der Waals surface area contributed by atoms with Crippen LogP contribution in [0.3, 0.4) is 0 Å². The van der Waals surface area contributed by atoms with Crippen LogP contribution < -0.4 is 0 Å². The van der Waals surface area contributed by atoms with Crippen molar-refractivity contribution in [1.29, 1.82) is 0 Å². The minimum Gasteiger partial charge on any atom is -0.482 e. The number of ether oxygens (including phenoxy) is 1. The fraction of sp³-hybridized carbons (Fsp3) is 0.167. The Labute approximate surface area is 88.4 Å². The van der Waals surface area contributed by atoms with Crippen molar-refractivity contribution in [2.75, 3.05) is 13.2 Å². The Bertz CT molecular complexity index is 383. The standard InChI is InChI=1S/C9H7N.C3H5NO/c1-2-4-9-7-10-6-5-8(9)3-1;1-2-5-3-4-1/h1-7H;3H,1-2H2. The summed E-state index contributed by atoms with van der Waals surface area (Å²) >= 11 is 0. The van der Waals surface area contributed by atoms with Crippen molar-refractivity contribution in [1.82, 2.24) is 4.98 Å². The smallest absolute Gasteiger partial charge is 0.169 e. The summed E-state index contributed by atoms with van der Waals surface area (Å²) in [5.41, 5.74) is 0. The number of hydrogen-bond donors (Lipinski definition) is 0. The summed E-state index contributed by atoms with van der Waals surface area (Å²) in [5, 5.41) is 2.45. The predicted molar refractivity (Wildman–Crippen MR) is 61.1 cm³/mol. The molecule has 76 valence electrons. The lowest BCUT2D eigenvalue weighted by Gasteiger charge is -1.91. The molecular formula is C12H12N2O. The van der Waals surface area contributed by atoms with Gasteiger partial charge in [0.25, 0.3) is 0 Å². The lowest BCUT2D eigenvalue weighted by atomic mass is 10.2. The molecule has 1 aromatic heterocycles. The number of aliphatic imine (C=N–C) groups is 1. The van der Waals surface area contributed by atoms with E-state index in [0.717, 1.165) is 13.2 Å². The minimum atomic E-state index is 0.778. The zero-order chi connectivity index (χ0) is 10.3. The van der Waals surface area contributed by atoms with Crippen LogP contribution in [-0.2, 0) is 4.74 Å². The Morgan fingerprint density at radius 3 is 2.53 bits per heavy atom. The number of benzene rings is 1. The van der Waals surface area contributed by atoms with Gasteiger partial charge in [0.05, 0.1) is 6.54 Å². The molecule has 1 aliphatic rings. The second-order valence-corrected chi connectivity index (χ2v) is 3.11. The Morgan fingerprint density at radius 2 is 1.93 bits per heavy atom. The molecule has 0 spiro atoms. The van der Waals surface area contributed by atoms with Crippen LogP contribution in [0.2, 0.25) is 0 Å². The number of pyridine rings is 1. The Kier molecular flexibility index (Phi) is 3.28. The van der Waals surface area contributed by atoms with Gasteiger partial charge in [-0.3, -0.25) is 9.98 Å². The van der Waals surface area contributed by atoms with E-state index in [1.807, 2.05) is 30.6 Å². The molecule has 0 fully saturated rings. The fourth-order valence-electron chi connectivity index (χ4n) is 1.29. The van der Waals surface area contributed by atoms with Crippen LogP contribution in [-0.4, -0.2) is 24.5 Å². The normalized spacial score (nSPS) is 13.1. The van der Waals surface area contributed by atoms with Gasteiger partial charge in [-0.15, -0.1) is 0 Å². The van der Waals surface area contributed by atoms with Crippen LogP contribution in [0.1, 0.15) is 0 Å². The zero-order valence-corrected chi connectivity index (χ0v) is 8.34. The molecule has 0 radical (unpaired) electrons. The van der Waals surface area contributed by atoms with E-state index < -0.39 is 0 Å². The summed E-state index contributed by atoms with van der Waals surface area (Å²) in [6, 6.07) is 10.2. The number of aromatic nitrogens is 1. The van der Waals surface area contributed by atoms with Crippen molar-refractivity contribution in [2.24, 2.45) is 4.99 Å². The van der Waals surface area contributed by atoms with Crippen molar-refractivity contribution in [3.05, 3.63) is 42.7 Å². The molecule has 0 unspecified atom stereocenters. The van der Waals surface area contributed by atoms with Gasteiger partial charge < -0.3 is 4.74 Å². The van der Waals surface area contributed by atoms with Crippen molar-refractivity contribution >= 4 is 17.2 Å². The summed E-state index contributed by atoms with van der Waals surface area (Å²) in [6.07, 6.45) is 5.16. The third-order valence-electron chi connectivity index (χ3n) is 2.04. The first-order chi connectivity index (χ1) is 7.47. The topological polar surface area (TPSA) is 34.5 Å². The molecule has 1 aliphatic heterocycles. The highest BCUT2D eigenvalue weighted by molar-refractivity contribution is 5.80. The molecule has 0 bridgehead atoms. The highest BCUT2D eigenvalue weighted by Crippen LogP contribution is 2.09. The molecule has 2 heterocycles. The largest absolute Gasteiger partial charge is 0.482 e. The Balaban J connectivity index is 0.000000144. The third kappa shape index (κ3) is 2.77. The zero-order valence-electron chi connectivity index (χ0n) is 8.34. The number of nitrogens with zero attached hydrogens (tertiary/aromatic N) is 2. The highest BCUT2D eigenvalue weighted by Gasteiger charge is 1.86. The van der Waals surface area contributed by atoms with Crippen molar-refractivity contribution < 1.29 is 4.74 Å². The van der Waals surface area contributed by atoms with Gasteiger partial charge in [-0.2, -0.15) is 0 Å². The van der Waals surface area contributed by atoms with Gasteiger partial charge in [0, 0.05) is 12.4 Å². The van der Waals surface area contributed by atoms with Gasteiger partial charge in [-0.05, 0) is 16.8 Å². The predicted octanol–water partition coefficient (Wildman–Crippen LogP) is 2.28. The Hall–Kier alpha value is -1.90. The monoisotopic (exact) mass is 200 g/mol. The van der Waals surface area contributed by atoms with E-state index in [-0.39, 0.29) is 0 Å². The molecule has 3 nitrogen and oxygen atoms in total. The lowest BCUT2D eigenvalue weighted by molar-refractivity contribution is 0.361. The minimum absolute atomic E-state index is 0.778. The van der Waals surface area contributed by atoms with E-state index in [4.69, 9.17) is 0 Å². The SMILES string of the molecule is C1=NCCO1.c1ccc2cnccc2c1. The van der Waals surface area contributed by atoms with Gasteiger partial charge in [0.2, 0.25) is 0 Å². The summed E-state index contributed by atoms with van der Waals surface area (Å²) in [4.78, 5) is 7.75. The van der Waals surface area contributed by atoms with E-state index in [1.54, 1.807) is 0 Å². The van der Waals surface area contributed by atoms with Crippen LogP contribution in [0.5, 0.6) is 0 Å². The third-order valence-corrected chi connectivity index (χ3v) is 2.04. The molecule has 3 heteroatoms. The van der Waals surface area contributed by atoms with Crippen LogP contribution >= 0.6 is 0 Å². The molecule has 0 saturated heterocycles. The van der Waals surface area contributed by atoms with E-state index >= 15 is 0 Å². The Morgan fingerprint density at radius 1 is 1.07 bits per heavy atom. The van der Waals surface area contributed by atoms with Crippen molar-refractivity contribution in [2.45, 2.75) is 0 Å². The van der Waals surface area contributed by atoms with Crippen LogP contribution in [0.4, 0.5) is 0 Å². The molecule has 15 heavy (non-hydrogen) atoms. The van der Waals surface area contributed by atoms with Gasteiger partial charge in [0.15, 0.2) is 6.40 Å². The van der Waals surface area contributed by atoms with E-state index in [1.165, 1.54) is 17.2 Å². The van der Waals surface area contributed by atoms with Crippen molar-refractivity contribution in [3.8, 4) is 0 Å². The van der Waals surface area contributed by atoms with E-state index in [0.29, 0.717) is 0 Å². The molecule has 0 amide bonds. The molecule has 0 saturated carbocycles. The molecule has 2 aromatic rings. The van der Waals surface area contributed by atoms with Gasteiger partial charge in [0.1, 0.15) is 6.61 Å². The summed E-state index contributed by atoms with van der Waals surface area (Å²) < 4.78 is 4.65. The average Bonchev–Trinajstić information content (AvgIpc) is 2.88. The average molecular weight is 200 g/mol. The molecular weight excluding hydrogens is 188 g/mol. The maximum absolute atomic E-state index is 4.65. The summed E-state index contributed by atoms with van der Waals surface area (Å²) in [5.74, 6) is 0. The van der Waals surface area contributed by atoms with Gasteiger partial charge in [-0.25, -0.2) is 0 Å². The number of hydrogen-bond acceptors (Lipinski definition) is 3. The maximum Gasteiger partial charge on any atom is 0.169 e. The molecule has 3 rings (SSSR count). The summed E-state index contributed by atoms with van der Waals surface area (Å²) in [6.45, 7) is 1.62.